The molecule has 0 aromatic carbocycles. The lowest BCUT2D eigenvalue weighted by atomic mass is 10.3. The first-order valence-corrected chi connectivity index (χ1v) is 7.33. The van der Waals surface area contributed by atoms with E-state index in [2.05, 4.69) is 29.1 Å². The van der Waals surface area contributed by atoms with Crippen molar-refractivity contribution in [1.82, 2.24) is 15.3 Å². The molecule has 2 rings (SSSR count). The molecule has 0 spiro atoms. The van der Waals surface area contributed by atoms with Gasteiger partial charge in [-0.25, -0.2) is 9.97 Å². The van der Waals surface area contributed by atoms with E-state index in [4.69, 9.17) is 0 Å². The molecule has 1 saturated carbocycles. The molecule has 0 radical (unpaired) electrons. The summed E-state index contributed by atoms with van der Waals surface area (Å²) in [6.07, 6.45) is 9.27. The van der Waals surface area contributed by atoms with Crippen LogP contribution in [-0.2, 0) is 6.54 Å². The number of nitrogens with one attached hydrogen (secondary N) is 1. The molecule has 0 amide bonds. The number of thioether (sulfide) groups is 1. The van der Waals surface area contributed by atoms with Crippen LogP contribution in [0.15, 0.2) is 17.6 Å². The topological polar surface area (TPSA) is 37.8 Å². The van der Waals surface area contributed by atoms with Crippen LogP contribution in [-0.4, -0.2) is 21.3 Å². The zero-order valence-corrected chi connectivity index (χ0v) is 11.5. The maximum Gasteiger partial charge on any atom is 0.187 e. The number of rotatable bonds is 5. The van der Waals surface area contributed by atoms with E-state index in [0.29, 0.717) is 6.04 Å². The first-order valence-electron chi connectivity index (χ1n) is 6.45. The van der Waals surface area contributed by atoms with Gasteiger partial charge in [0.15, 0.2) is 5.16 Å². The van der Waals surface area contributed by atoms with E-state index in [9.17, 15) is 0 Å². The predicted molar refractivity (Wildman–Crippen MR) is 72.1 cm³/mol. The summed E-state index contributed by atoms with van der Waals surface area (Å²) >= 11 is 1.84. The van der Waals surface area contributed by atoms with Crippen LogP contribution in [0.2, 0.25) is 0 Å². The van der Waals surface area contributed by atoms with Gasteiger partial charge in [0.05, 0.1) is 0 Å². The summed E-state index contributed by atoms with van der Waals surface area (Å²) in [5, 5.41) is 5.05. The Bertz CT molecular complexity index is 331. The van der Waals surface area contributed by atoms with E-state index in [0.717, 1.165) is 22.5 Å². The van der Waals surface area contributed by atoms with Crippen LogP contribution in [0.3, 0.4) is 0 Å². The number of nitrogens with zero attached hydrogens (tertiary/aromatic N) is 2. The average molecular weight is 251 g/mol. The molecular formula is C13H21N3S. The minimum Gasteiger partial charge on any atom is -0.310 e. The Hall–Kier alpha value is -0.610. The highest BCUT2D eigenvalue weighted by atomic mass is 32.2. The van der Waals surface area contributed by atoms with Gasteiger partial charge >= 0.3 is 0 Å². The first kappa shape index (κ1) is 12.8. The van der Waals surface area contributed by atoms with Crippen molar-refractivity contribution in [2.75, 3.05) is 0 Å². The van der Waals surface area contributed by atoms with Crippen LogP contribution in [0, 0.1) is 0 Å². The van der Waals surface area contributed by atoms with E-state index >= 15 is 0 Å². The summed E-state index contributed by atoms with van der Waals surface area (Å²) in [5.41, 5.74) is 1.16. The molecule has 1 fully saturated rings. The fraction of sp³-hybridized carbons (Fsp3) is 0.692. The molecule has 1 aliphatic carbocycles. The largest absolute Gasteiger partial charge is 0.310 e. The van der Waals surface area contributed by atoms with Gasteiger partial charge in [-0.3, -0.25) is 0 Å². The van der Waals surface area contributed by atoms with Gasteiger partial charge in [0, 0.05) is 35.8 Å². The first-order chi connectivity index (χ1) is 8.24. The lowest BCUT2D eigenvalue weighted by Crippen LogP contribution is -2.22. The molecule has 3 nitrogen and oxygen atoms in total. The van der Waals surface area contributed by atoms with Crippen molar-refractivity contribution in [3.8, 4) is 0 Å². The minimum atomic E-state index is 0.502. The molecule has 0 unspecified atom stereocenters. The standard InChI is InChI=1S/C13H21N3S/c1-10(2)14-7-11-8-15-13(16-9-11)17-12-5-3-4-6-12/h8-10,12,14H,3-7H2,1-2H3. The second-order valence-electron chi connectivity index (χ2n) is 4.93. The highest BCUT2D eigenvalue weighted by Crippen LogP contribution is 2.32. The maximum absolute atomic E-state index is 4.43. The van der Waals surface area contributed by atoms with Crippen LogP contribution in [0.25, 0.3) is 0 Å². The van der Waals surface area contributed by atoms with Gasteiger partial charge in [-0.15, -0.1) is 0 Å². The van der Waals surface area contributed by atoms with Gasteiger partial charge < -0.3 is 5.32 Å². The van der Waals surface area contributed by atoms with Crippen molar-refractivity contribution < 1.29 is 0 Å². The van der Waals surface area contributed by atoms with Gasteiger partial charge in [-0.1, -0.05) is 38.5 Å². The van der Waals surface area contributed by atoms with Crippen molar-refractivity contribution >= 4 is 11.8 Å². The van der Waals surface area contributed by atoms with E-state index in [-0.39, 0.29) is 0 Å². The zero-order valence-electron chi connectivity index (χ0n) is 10.6. The summed E-state index contributed by atoms with van der Waals surface area (Å²) in [4.78, 5) is 8.86. The highest BCUT2D eigenvalue weighted by molar-refractivity contribution is 7.99. The van der Waals surface area contributed by atoms with Crippen molar-refractivity contribution in [3.63, 3.8) is 0 Å². The molecule has 0 bridgehead atoms. The molecule has 1 N–H and O–H groups in total. The Morgan fingerprint density at radius 2 is 1.94 bits per heavy atom. The van der Waals surface area contributed by atoms with Crippen LogP contribution in [0.4, 0.5) is 0 Å². The molecule has 0 aliphatic heterocycles. The van der Waals surface area contributed by atoms with Gasteiger partial charge in [0.25, 0.3) is 0 Å². The SMILES string of the molecule is CC(C)NCc1cnc(SC2CCCC2)nc1. The van der Waals surface area contributed by atoms with Gasteiger partial charge in [-0.05, 0) is 12.8 Å². The summed E-state index contributed by atoms with van der Waals surface area (Å²) in [7, 11) is 0. The average Bonchev–Trinajstić information content (AvgIpc) is 2.81. The summed E-state index contributed by atoms with van der Waals surface area (Å²) in [6.45, 7) is 5.14. The normalized spacial score (nSPS) is 16.9. The molecule has 94 valence electrons. The molecular weight excluding hydrogens is 230 g/mol. The summed E-state index contributed by atoms with van der Waals surface area (Å²) in [5.74, 6) is 0. The van der Waals surface area contributed by atoms with Crippen molar-refractivity contribution in [3.05, 3.63) is 18.0 Å². The molecule has 1 aromatic heterocycles. The quantitative estimate of drug-likeness (QED) is 0.816. The summed E-state index contributed by atoms with van der Waals surface area (Å²) in [6, 6.07) is 0.502. The third kappa shape index (κ3) is 4.28. The van der Waals surface area contributed by atoms with E-state index in [1.807, 2.05) is 24.2 Å². The van der Waals surface area contributed by atoms with Crippen LogP contribution in [0.1, 0.15) is 45.1 Å². The van der Waals surface area contributed by atoms with Crippen molar-refractivity contribution in [2.24, 2.45) is 0 Å². The number of hydrogen-bond acceptors (Lipinski definition) is 4. The van der Waals surface area contributed by atoms with Crippen LogP contribution >= 0.6 is 11.8 Å². The molecule has 0 saturated heterocycles. The van der Waals surface area contributed by atoms with E-state index in [1.165, 1.54) is 25.7 Å². The number of aromatic nitrogens is 2. The van der Waals surface area contributed by atoms with Gasteiger partial charge in [0.1, 0.15) is 0 Å². The third-order valence-electron chi connectivity index (χ3n) is 2.97. The Morgan fingerprint density at radius 3 is 2.53 bits per heavy atom. The lowest BCUT2D eigenvalue weighted by molar-refractivity contribution is 0.585. The Labute approximate surface area is 108 Å². The van der Waals surface area contributed by atoms with Crippen molar-refractivity contribution in [2.45, 2.75) is 62.5 Å². The van der Waals surface area contributed by atoms with Gasteiger partial charge in [0.2, 0.25) is 0 Å². The second-order valence-corrected chi connectivity index (χ2v) is 6.20. The zero-order chi connectivity index (χ0) is 12.1. The predicted octanol–water partition coefficient (Wildman–Crippen LogP) is 3.01. The monoisotopic (exact) mass is 251 g/mol. The molecule has 1 heterocycles. The molecule has 4 heteroatoms. The smallest absolute Gasteiger partial charge is 0.187 e. The van der Waals surface area contributed by atoms with Crippen LogP contribution in [0.5, 0.6) is 0 Å². The fourth-order valence-electron chi connectivity index (χ4n) is 1.97. The Morgan fingerprint density at radius 1 is 1.29 bits per heavy atom. The molecule has 1 aromatic rings. The number of hydrogen-bond donors (Lipinski definition) is 1. The highest BCUT2D eigenvalue weighted by Gasteiger charge is 2.17. The Kier molecular flexibility index (Phi) is 4.80. The fourth-order valence-corrected chi connectivity index (χ4v) is 3.07. The molecule has 0 atom stereocenters. The van der Waals surface area contributed by atoms with Crippen molar-refractivity contribution in [1.29, 1.82) is 0 Å². The second kappa shape index (κ2) is 6.36. The minimum absolute atomic E-state index is 0.502. The van der Waals surface area contributed by atoms with E-state index < -0.39 is 0 Å². The molecule has 1 aliphatic rings. The molecule has 17 heavy (non-hydrogen) atoms. The lowest BCUT2D eigenvalue weighted by Gasteiger charge is -2.09. The summed E-state index contributed by atoms with van der Waals surface area (Å²) < 4.78 is 0. The van der Waals surface area contributed by atoms with E-state index in [1.54, 1.807) is 0 Å². The third-order valence-corrected chi connectivity index (χ3v) is 4.20. The van der Waals surface area contributed by atoms with Gasteiger partial charge in [-0.2, -0.15) is 0 Å². The Balaban J connectivity index is 1.84. The maximum atomic E-state index is 4.43. The van der Waals surface area contributed by atoms with Crippen LogP contribution < -0.4 is 5.32 Å².